The fourth-order valence-corrected chi connectivity index (χ4v) is 3.23. The molecule has 2 aromatic rings. The van der Waals surface area contributed by atoms with Gasteiger partial charge in [0.1, 0.15) is 5.82 Å². The number of nitrogens with zero attached hydrogens (tertiary/aromatic N) is 1. The molecule has 0 radical (unpaired) electrons. The highest BCUT2D eigenvalue weighted by atomic mass is 35.5. The quantitative estimate of drug-likeness (QED) is 0.756. The van der Waals surface area contributed by atoms with Crippen LogP contribution in [-0.4, -0.2) is 34.5 Å². The van der Waals surface area contributed by atoms with Crippen molar-refractivity contribution >= 4 is 29.2 Å². The number of halogens is 1. The molecule has 25 heavy (non-hydrogen) atoms. The molecule has 1 amide bonds. The summed E-state index contributed by atoms with van der Waals surface area (Å²) in [4.78, 5) is 31.3. The van der Waals surface area contributed by atoms with Gasteiger partial charge < -0.3 is 15.6 Å². The molecule has 6 nitrogen and oxygen atoms in total. The lowest BCUT2D eigenvalue weighted by molar-refractivity contribution is -0.122. The van der Waals surface area contributed by atoms with Crippen molar-refractivity contribution in [2.75, 3.05) is 6.54 Å². The summed E-state index contributed by atoms with van der Waals surface area (Å²) in [6, 6.07) is 8.01. The van der Waals surface area contributed by atoms with Crippen molar-refractivity contribution in [3.63, 3.8) is 0 Å². The number of carbonyl (C=O) groups excluding carboxylic acids is 1. The van der Waals surface area contributed by atoms with E-state index in [1.807, 2.05) is 18.2 Å². The summed E-state index contributed by atoms with van der Waals surface area (Å²) >= 11 is 0. The number of H-pyrrole nitrogens is 1. The zero-order valence-corrected chi connectivity index (χ0v) is 15.2. The first-order chi connectivity index (χ1) is 11.6. The monoisotopic (exact) mass is 364 g/mol. The summed E-state index contributed by atoms with van der Waals surface area (Å²) in [5.41, 5.74) is 0.577. The Kier molecular flexibility index (Phi) is 6.96. The summed E-state index contributed by atoms with van der Waals surface area (Å²) in [5.74, 6) is 0.722. The van der Waals surface area contributed by atoms with Gasteiger partial charge in [-0.25, -0.2) is 4.98 Å². The molecule has 2 unspecified atom stereocenters. The van der Waals surface area contributed by atoms with Crippen LogP contribution in [0.5, 0.6) is 0 Å². The number of rotatable bonds is 5. The van der Waals surface area contributed by atoms with Gasteiger partial charge in [0.05, 0.1) is 10.9 Å². The van der Waals surface area contributed by atoms with Crippen molar-refractivity contribution in [3.8, 4) is 0 Å². The van der Waals surface area contributed by atoms with Crippen molar-refractivity contribution in [1.82, 2.24) is 20.6 Å². The first-order valence-corrected chi connectivity index (χ1v) is 8.62. The van der Waals surface area contributed by atoms with Gasteiger partial charge in [-0.05, 0) is 44.9 Å². The van der Waals surface area contributed by atoms with Gasteiger partial charge in [0.25, 0.3) is 5.56 Å². The number of aromatic nitrogens is 2. The van der Waals surface area contributed by atoms with Crippen molar-refractivity contribution in [1.29, 1.82) is 0 Å². The fourth-order valence-electron chi connectivity index (χ4n) is 3.23. The summed E-state index contributed by atoms with van der Waals surface area (Å²) in [6.45, 7) is 3.09. The number of aryl methyl sites for hydroxylation is 1. The minimum absolute atomic E-state index is 0. The van der Waals surface area contributed by atoms with Gasteiger partial charge >= 0.3 is 0 Å². The Morgan fingerprint density at radius 1 is 1.36 bits per heavy atom. The average molecular weight is 365 g/mol. The zero-order chi connectivity index (χ0) is 16.9. The van der Waals surface area contributed by atoms with Crippen LogP contribution in [0.4, 0.5) is 0 Å². The van der Waals surface area contributed by atoms with E-state index in [2.05, 4.69) is 27.5 Å². The number of para-hydroxylation sites is 1. The highest BCUT2D eigenvalue weighted by Gasteiger charge is 2.19. The maximum atomic E-state index is 12.1. The number of carbonyl (C=O) groups is 1. The van der Waals surface area contributed by atoms with Crippen LogP contribution < -0.4 is 16.2 Å². The van der Waals surface area contributed by atoms with Gasteiger partial charge in [-0.1, -0.05) is 12.1 Å². The summed E-state index contributed by atoms with van der Waals surface area (Å²) in [5, 5.41) is 7.08. The molecule has 1 aromatic carbocycles. The molecule has 7 heteroatoms. The normalized spacial score (nSPS) is 20.0. The Bertz CT molecular complexity index is 777. The lowest BCUT2D eigenvalue weighted by Gasteiger charge is -2.28. The van der Waals surface area contributed by atoms with Gasteiger partial charge in [-0.2, -0.15) is 0 Å². The van der Waals surface area contributed by atoms with E-state index in [0.29, 0.717) is 42.0 Å². The second kappa shape index (κ2) is 8.97. The molecular weight excluding hydrogens is 340 g/mol. The third kappa shape index (κ3) is 5.28. The molecule has 1 saturated heterocycles. The molecule has 0 spiro atoms. The smallest absolute Gasteiger partial charge is 0.258 e. The minimum Gasteiger partial charge on any atom is -0.353 e. The molecule has 0 saturated carbocycles. The van der Waals surface area contributed by atoms with Crippen LogP contribution in [0.15, 0.2) is 29.1 Å². The largest absolute Gasteiger partial charge is 0.353 e. The van der Waals surface area contributed by atoms with Crippen LogP contribution in [0.2, 0.25) is 0 Å². The molecule has 0 bridgehead atoms. The fraction of sp³-hybridized carbons (Fsp3) is 0.500. The Balaban J connectivity index is 0.00000225. The first-order valence-electron chi connectivity index (χ1n) is 8.62. The van der Waals surface area contributed by atoms with E-state index in [4.69, 9.17) is 0 Å². The van der Waals surface area contributed by atoms with Crippen molar-refractivity contribution in [2.24, 2.45) is 0 Å². The lowest BCUT2D eigenvalue weighted by Crippen LogP contribution is -2.46. The van der Waals surface area contributed by atoms with Crippen molar-refractivity contribution < 1.29 is 4.79 Å². The van der Waals surface area contributed by atoms with Gasteiger partial charge in [-0.15, -0.1) is 12.4 Å². The summed E-state index contributed by atoms with van der Waals surface area (Å²) in [7, 11) is 0. The number of hydrogen-bond donors (Lipinski definition) is 3. The van der Waals surface area contributed by atoms with E-state index in [0.717, 1.165) is 19.4 Å². The molecule has 1 fully saturated rings. The lowest BCUT2D eigenvalue weighted by atomic mass is 10.0. The third-order valence-corrected chi connectivity index (χ3v) is 4.47. The van der Waals surface area contributed by atoms with Crippen LogP contribution >= 0.6 is 12.4 Å². The molecule has 1 aliphatic rings. The minimum atomic E-state index is -0.122. The highest BCUT2D eigenvalue weighted by Crippen LogP contribution is 2.10. The number of amides is 1. The Hall–Kier alpha value is -1.92. The van der Waals surface area contributed by atoms with Gasteiger partial charge in [0, 0.05) is 24.9 Å². The Morgan fingerprint density at radius 3 is 2.96 bits per heavy atom. The number of benzene rings is 1. The second-order valence-corrected chi connectivity index (χ2v) is 6.53. The first kappa shape index (κ1) is 19.4. The summed E-state index contributed by atoms with van der Waals surface area (Å²) in [6.07, 6.45) is 3.68. The Morgan fingerprint density at radius 2 is 2.16 bits per heavy atom. The van der Waals surface area contributed by atoms with Crippen LogP contribution in [0, 0.1) is 0 Å². The maximum absolute atomic E-state index is 12.1. The maximum Gasteiger partial charge on any atom is 0.258 e. The van der Waals surface area contributed by atoms with Crippen LogP contribution in [-0.2, 0) is 11.2 Å². The van der Waals surface area contributed by atoms with Crippen LogP contribution in [0.25, 0.3) is 10.9 Å². The average Bonchev–Trinajstić information content (AvgIpc) is 2.55. The predicted molar refractivity (Wildman–Crippen MR) is 101 cm³/mol. The number of nitrogens with one attached hydrogen (secondary N) is 3. The topological polar surface area (TPSA) is 86.9 Å². The predicted octanol–water partition coefficient (Wildman–Crippen LogP) is 1.92. The number of hydrogen-bond acceptors (Lipinski definition) is 4. The molecule has 3 N–H and O–H groups in total. The standard InChI is InChI=1S/C18H24N4O2.ClH/c1-12-11-13(9-10-19-12)20-17(23)8-4-7-16-21-15-6-3-2-5-14(15)18(24)22-16;/h2-3,5-6,12-13,19H,4,7-11H2,1H3,(H,20,23)(H,21,22,24);1H. The molecule has 1 aromatic heterocycles. The third-order valence-electron chi connectivity index (χ3n) is 4.47. The highest BCUT2D eigenvalue weighted by molar-refractivity contribution is 5.85. The SMILES string of the molecule is CC1CC(NC(=O)CCCc2nc3ccccc3c(=O)[nH]2)CCN1.Cl. The molecule has 2 atom stereocenters. The van der Waals surface area contributed by atoms with E-state index >= 15 is 0 Å². The van der Waals surface area contributed by atoms with Crippen LogP contribution in [0.1, 0.15) is 38.4 Å². The molecule has 0 aliphatic carbocycles. The second-order valence-electron chi connectivity index (χ2n) is 6.53. The number of fused-ring (bicyclic) bond motifs is 1. The van der Waals surface area contributed by atoms with Gasteiger partial charge in [-0.3, -0.25) is 9.59 Å². The molecular formula is C18H25ClN4O2. The van der Waals surface area contributed by atoms with Crippen molar-refractivity contribution in [2.45, 2.75) is 51.1 Å². The summed E-state index contributed by atoms with van der Waals surface area (Å²) < 4.78 is 0. The van der Waals surface area contributed by atoms with Crippen LogP contribution in [0.3, 0.4) is 0 Å². The molecule has 136 valence electrons. The van der Waals surface area contributed by atoms with E-state index in [-0.39, 0.29) is 29.9 Å². The van der Waals surface area contributed by atoms with E-state index < -0.39 is 0 Å². The van der Waals surface area contributed by atoms with Gasteiger partial charge in [0.15, 0.2) is 0 Å². The Labute approximate surface area is 153 Å². The van der Waals surface area contributed by atoms with Gasteiger partial charge in [0.2, 0.25) is 5.91 Å². The molecule has 2 heterocycles. The molecule has 3 rings (SSSR count). The number of aromatic amines is 1. The van der Waals surface area contributed by atoms with E-state index in [9.17, 15) is 9.59 Å². The van der Waals surface area contributed by atoms with E-state index in [1.54, 1.807) is 6.07 Å². The van der Waals surface area contributed by atoms with E-state index in [1.165, 1.54) is 0 Å². The molecule has 1 aliphatic heterocycles. The van der Waals surface area contributed by atoms with Crippen molar-refractivity contribution in [3.05, 3.63) is 40.4 Å². The zero-order valence-electron chi connectivity index (χ0n) is 14.4. The number of piperidine rings is 1.